The van der Waals surface area contributed by atoms with E-state index in [1.807, 2.05) is 13.8 Å². The van der Waals surface area contributed by atoms with Crippen molar-refractivity contribution < 1.29 is 18.7 Å². The standard InChI is InChI=1S/C24H22Cl2N4O4/c1-4-30(5-2)24(32)28-13-6-8-18-15(10-13)20-14(7-9-19(33-3)22(20)34-18)23(31)29-21-16(25)11-27-12-17(21)26/h6-12H,4-5H2,1-3H3,(H,28,32)(H,27,29,31). The molecule has 0 spiro atoms. The Bertz CT molecular complexity index is 1380. The highest BCUT2D eigenvalue weighted by atomic mass is 35.5. The van der Waals surface area contributed by atoms with E-state index in [9.17, 15) is 9.59 Å². The van der Waals surface area contributed by atoms with Crippen LogP contribution >= 0.6 is 23.2 Å². The summed E-state index contributed by atoms with van der Waals surface area (Å²) in [6.45, 7) is 4.99. The molecule has 4 aromatic rings. The smallest absolute Gasteiger partial charge is 0.321 e. The van der Waals surface area contributed by atoms with E-state index < -0.39 is 5.91 Å². The van der Waals surface area contributed by atoms with E-state index in [1.165, 1.54) is 19.5 Å². The fraction of sp³-hybridized carbons (Fsp3) is 0.208. The van der Waals surface area contributed by atoms with Gasteiger partial charge < -0.3 is 24.7 Å². The Hall–Kier alpha value is -3.49. The van der Waals surface area contributed by atoms with Crippen molar-refractivity contribution in [2.24, 2.45) is 0 Å². The number of benzene rings is 2. The first-order chi connectivity index (χ1) is 16.4. The van der Waals surface area contributed by atoms with Gasteiger partial charge in [-0.15, -0.1) is 0 Å². The molecule has 34 heavy (non-hydrogen) atoms. The Kier molecular flexibility index (Phi) is 6.81. The monoisotopic (exact) mass is 500 g/mol. The lowest BCUT2D eigenvalue weighted by Crippen LogP contribution is -2.34. The average molecular weight is 501 g/mol. The molecule has 0 radical (unpaired) electrons. The number of hydrogen-bond donors (Lipinski definition) is 2. The first-order valence-corrected chi connectivity index (χ1v) is 11.3. The summed E-state index contributed by atoms with van der Waals surface area (Å²) in [7, 11) is 1.52. The quantitative estimate of drug-likeness (QED) is 0.318. The summed E-state index contributed by atoms with van der Waals surface area (Å²) in [6.07, 6.45) is 2.79. The molecule has 3 amide bonds. The van der Waals surface area contributed by atoms with Gasteiger partial charge in [-0.2, -0.15) is 0 Å². The summed E-state index contributed by atoms with van der Waals surface area (Å²) in [4.78, 5) is 31.4. The van der Waals surface area contributed by atoms with Gasteiger partial charge in [0.25, 0.3) is 5.91 Å². The van der Waals surface area contributed by atoms with Crippen LogP contribution in [0.2, 0.25) is 10.0 Å². The largest absolute Gasteiger partial charge is 0.493 e. The molecule has 10 heteroatoms. The zero-order chi connectivity index (χ0) is 24.4. The van der Waals surface area contributed by atoms with Crippen molar-refractivity contribution >= 4 is 68.5 Å². The van der Waals surface area contributed by atoms with Crippen molar-refractivity contribution in [3.8, 4) is 5.75 Å². The predicted octanol–water partition coefficient (Wildman–Crippen LogP) is 6.42. The van der Waals surface area contributed by atoms with E-state index in [1.54, 1.807) is 35.2 Å². The topological polar surface area (TPSA) is 96.7 Å². The fourth-order valence-electron chi connectivity index (χ4n) is 3.71. The molecule has 2 aromatic carbocycles. The minimum absolute atomic E-state index is 0.212. The number of urea groups is 1. The number of methoxy groups -OCH3 is 1. The first-order valence-electron chi connectivity index (χ1n) is 10.6. The van der Waals surface area contributed by atoms with Gasteiger partial charge in [-0.25, -0.2) is 4.79 Å². The van der Waals surface area contributed by atoms with Gasteiger partial charge in [-0.1, -0.05) is 23.2 Å². The highest BCUT2D eigenvalue weighted by Gasteiger charge is 2.22. The summed E-state index contributed by atoms with van der Waals surface area (Å²) >= 11 is 12.4. The Morgan fingerprint density at radius 2 is 1.76 bits per heavy atom. The SMILES string of the molecule is CCN(CC)C(=O)Nc1ccc2oc3c(OC)ccc(C(=O)Nc4c(Cl)cncc4Cl)c3c2c1. The van der Waals surface area contributed by atoms with Crippen LogP contribution < -0.4 is 15.4 Å². The van der Waals surface area contributed by atoms with Crippen molar-refractivity contribution in [3.63, 3.8) is 0 Å². The molecule has 0 atom stereocenters. The molecule has 0 saturated heterocycles. The number of ether oxygens (including phenoxy) is 1. The number of halogens is 2. The Balaban J connectivity index is 1.82. The number of carbonyl (C=O) groups is 2. The van der Waals surface area contributed by atoms with E-state index in [2.05, 4.69) is 15.6 Å². The van der Waals surface area contributed by atoms with Crippen LogP contribution in [-0.2, 0) is 0 Å². The van der Waals surface area contributed by atoms with Crippen LogP contribution in [0.4, 0.5) is 16.2 Å². The lowest BCUT2D eigenvalue weighted by Gasteiger charge is -2.19. The molecule has 4 rings (SSSR count). The summed E-state index contributed by atoms with van der Waals surface area (Å²) in [6, 6.07) is 8.33. The van der Waals surface area contributed by atoms with Crippen LogP contribution in [0.15, 0.2) is 47.1 Å². The molecule has 0 saturated carbocycles. The third-order valence-corrected chi connectivity index (χ3v) is 6.01. The van der Waals surface area contributed by atoms with Crippen molar-refractivity contribution in [2.75, 3.05) is 30.8 Å². The molecule has 0 unspecified atom stereocenters. The van der Waals surface area contributed by atoms with Crippen molar-refractivity contribution in [1.82, 2.24) is 9.88 Å². The van der Waals surface area contributed by atoms with Crippen molar-refractivity contribution in [3.05, 3.63) is 58.3 Å². The van der Waals surface area contributed by atoms with Crippen LogP contribution in [0.1, 0.15) is 24.2 Å². The van der Waals surface area contributed by atoms with E-state index >= 15 is 0 Å². The fourth-order valence-corrected chi connectivity index (χ4v) is 4.17. The number of pyridine rings is 1. The Morgan fingerprint density at radius 1 is 1.06 bits per heavy atom. The molecule has 2 N–H and O–H groups in total. The van der Waals surface area contributed by atoms with E-state index in [0.717, 1.165) is 0 Å². The zero-order valence-corrected chi connectivity index (χ0v) is 20.3. The third kappa shape index (κ3) is 4.34. The normalized spacial score (nSPS) is 11.0. The molecule has 0 bridgehead atoms. The van der Waals surface area contributed by atoms with Gasteiger partial charge in [-0.3, -0.25) is 9.78 Å². The van der Waals surface area contributed by atoms with Gasteiger partial charge in [0.15, 0.2) is 11.3 Å². The molecule has 0 aliphatic rings. The molecular weight excluding hydrogens is 479 g/mol. The summed E-state index contributed by atoms with van der Waals surface area (Å²) < 4.78 is 11.5. The lowest BCUT2D eigenvalue weighted by molar-refractivity contribution is 0.102. The maximum absolute atomic E-state index is 13.3. The van der Waals surface area contributed by atoms with Crippen molar-refractivity contribution in [1.29, 1.82) is 0 Å². The molecule has 2 heterocycles. The second kappa shape index (κ2) is 9.79. The van der Waals surface area contributed by atoms with Gasteiger partial charge in [0.05, 0.1) is 28.4 Å². The van der Waals surface area contributed by atoms with E-state index in [4.69, 9.17) is 32.4 Å². The summed E-state index contributed by atoms with van der Waals surface area (Å²) in [5.41, 5.74) is 2.10. The molecule has 0 aliphatic carbocycles. The second-order valence-corrected chi connectivity index (χ2v) is 8.18. The molecule has 176 valence electrons. The molecule has 0 fully saturated rings. The number of rotatable bonds is 6. The van der Waals surface area contributed by atoms with Gasteiger partial charge in [0, 0.05) is 41.9 Å². The van der Waals surface area contributed by atoms with Crippen LogP contribution in [0.5, 0.6) is 5.75 Å². The first kappa shape index (κ1) is 23.7. The number of fused-ring (bicyclic) bond motifs is 3. The molecule has 8 nitrogen and oxygen atoms in total. The van der Waals surface area contributed by atoms with Gasteiger partial charge in [0.1, 0.15) is 5.58 Å². The van der Waals surface area contributed by atoms with Crippen molar-refractivity contribution in [2.45, 2.75) is 13.8 Å². The zero-order valence-electron chi connectivity index (χ0n) is 18.7. The van der Waals surface area contributed by atoms with E-state index in [-0.39, 0.29) is 21.8 Å². The number of nitrogens with zero attached hydrogens (tertiary/aromatic N) is 2. The number of aromatic nitrogens is 1. The van der Waals surface area contributed by atoms with Crippen LogP contribution in [0.25, 0.3) is 21.9 Å². The third-order valence-electron chi connectivity index (χ3n) is 5.44. The minimum atomic E-state index is -0.442. The number of carbonyl (C=O) groups excluding carboxylic acids is 2. The average Bonchev–Trinajstić information content (AvgIpc) is 3.20. The maximum Gasteiger partial charge on any atom is 0.321 e. The maximum atomic E-state index is 13.3. The minimum Gasteiger partial charge on any atom is -0.493 e. The van der Waals surface area contributed by atoms with Crippen LogP contribution in [0.3, 0.4) is 0 Å². The second-order valence-electron chi connectivity index (χ2n) is 7.37. The number of amides is 3. The van der Waals surface area contributed by atoms with E-state index in [0.29, 0.717) is 52.0 Å². The van der Waals surface area contributed by atoms with Gasteiger partial charge in [0.2, 0.25) is 0 Å². The Labute approximate surface area is 205 Å². The van der Waals surface area contributed by atoms with Crippen LogP contribution in [0, 0.1) is 0 Å². The highest BCUT2D eigenvalue weighted by molar-refractivity contribution is 6.40. The predicted molar refractivity (Wildman–Crippen MR) is 134 cm³/mol. The number of hydrogen-bond acceptors (Lipinski definition) is 5. The van der Waals surface area contributed by atoms with Gasteiger partial charge >= 0.3 is 6.03 Å². The molecule has 2 aromatic heterocycles. The summed E-state index contributed by atoms with van der Waals surface area (Å²) in [5.74, 6) is 0.0272. The van der Waals surface area contributed by atoms with Crippen LogP contribution in [-0.4, -0.2) is 42.0 Å². The number of furan rings is 1. The summed E-state index contributed by atoms with van der Waals surface area (Å²) in [5, 5.41) is 7.25. The van der Waals surface area contributed by atoms with Gasteiger partial charge in [-0.05, 0) is 44.2 Å². The molecule has 0 aliphatic heterocycles. The lowest BCUT2D eigenvalue weighted by atomic mass is 10.0. The number of nitrogens with one attached hydrogen (secondary N) is 2. The molecular formula is C24H22Cl2N4O4. The Morgan fingerprint density at radius 3 is 2.41 bits per heavy atom. The number of anilines is 2. The highest BCUT2D eigenvalue weighted by Crippen LogP contribution is 2.39.